The predicted octanol–water partition coefficient (Wildman–Crippen LogP) is 3.44. The standard InChI is InChI=1S/C15H16F2N2S.ClH/c16-11-3-4-13(17)12(10-11)15(14-2-1-9-20-14)19-7-5-18-6-8-19;/h1-4,9-10,15,18H,5-8H2;1H/t15-;/m1./s1. The van der Waals surface area contributed by atoms with E-state index in [9.17, 15) is 8.78 Å². The number of nitrogens with zero attached hydrogens (tertiary/aromatic N) is 1. The molecular weight excluding hydrogens is 314 g/mol. The average Bonchev–Trinajstić information content (AvgIpc) is 2.98. The first-order valence-electron chi connectivity index (χ1n) is 6.69. The molecule has 6 heteroatoms. The van der Waals surface area contributed by atoms with Gasteiger partial charge in [-0.25, -0.2) is 8.78 Å². The van der Waals surface area contributed by atoms with Crippen molar-refractivity contribution < 1.29 is 8.78 Å². The van der Waals surface area contributed by atoms with E-state index in [4.69, 9.17) is 0 Å². The molecule has 0 radical (unpaired) electrons. The second-order valence-corrected chi connectivity index (χ2v) is 5.85. The summed E-state index contributed by atoms with van der Waals surface area (Å²) in [6, 6.07) is 7.44. The summed E-state index contributed by atoms with van der Waals surface area (Å²) in [4.78, 5) is 3.26. The molecule has 1 fully saturated rings. The molecule has 2 nitrogen and oxygen atoms in total. The Kier molecular flexibility index (Phi) is 5.70. The van der Waals surface area contributed by atoms with Gasteiger partial charge in [0.15, 0.2) is 0 Å². The molecule has 2 heterocycles. The first-order valence-corrected chi connectivity index (χ1v) is 7.57. The van der Waals surface area contributed by atoms with Crippen LogP contribution in [0.1, 0.15) is 16.5 Å². The Morgan fingerprint density at radius 2 is 1.90 bits per heavy atom. The van der Waals surface area contributed by atoms with Crippen LogP contribution in [0.3, 0.4) is 0 Å². The summed E-state index contributed by atoms with van der Waals surface area (Å²) in [6.45, 7) is 3.41. The molecule has 114 valence electrons. The van der Waals surface area contributed by atoms with Crippen molar-refractivity contribution in [2.75, 3.05) is 26.2 Å². The Bertz CT molecular complexity index is 571. The molecule has 1 aromatic carbocycles. The summed E-state index contributed by atoms with van der Waals surface area (Å²) >= 11 is 1.58. The highest BCUT2D eigenvalue weighted by molar-refractivity contribution is 7.10. The van der Waals surface area contributed by atoms with Crippen LogP contribution in [0.2, 0.25) is 0 Å². The van der Waals surface area contributed by atoms with E-state index in [0.29, 0.717) is 5.56 Å². The second-order valence-electron chi connectivity index (χ2n) is 4.87. The number of halogens is 3. The van der Waals surface area contributed by atoms with E-state index in [-0.39, 0.29) is 24.3 Å². The summed E-state index contributed by atoms with van der Waals surface area (Å²) in [5.74, 6) is -0.735. The fourth-order valence-corrected chi connectivity index (χ4v) is 3.52. The molecule has 0 unspecified atom stereocenters. The van der Waals surface area contributed by atoms with E-state index < -0.39 is 5.82 Å². The number of rotatable bonds is 3. The van der Waals surface area contributed by atoms with Crippen LogP contribution in [0, 0.1) is 11.6 Å². The molecule has 1 aromatic heterocycles. The summed E-state index contributed by atoms with van der Waals surface area (Å²) < 4.78 is 27.7. The molecule has 1 saturated heterocycles. The first kappa shape index (κ1) is 16.4. The van der Waals surface area contributed by atoms with E-state index in [1.807, 2.05) is 17.5 Å². The summed E-state index contributed by atoms with van der Waals surface area (Å²) in [5, 5.41) is 5.26. The Balaban J connectivity index is 0.00000161. The molecule has 1 N–H and O–H groups in total. The van der Waals surface area contributed by atoms with Crippen LogP contribution in [-0.4, -0.2) is 31.1 Å². The van der Waals surface area contributed by atoms with E-state index in [1.54, 1.807) is 11.3 Å². The largest absolute Gasteiger partial charge is 0.314 e. The molecule has 0 spiro atoms. The van der Waals surface area contributed by atoms with Gasteiger partial charge >= 0.3 is 0 Å². The van der Waals surface area contributed by atoms with Crippen molar-refractivity contribution in [3.63, 3.8) is 0 Å². The molecule has 2 aromatic rings. The smallest absolute Gasteiger partial charge is 0.128 e. The maximum absolute atomic E-state index is 14.2. The van der Waals surface area contributed by atoms with Crippen molar-refractivity contribution in [1.29, 1.82) is 0 Å². The molecule has 1 aliphatic heterocycles. The van der Waals surface area contributed by atoms with Crippen molar-refractivity contribution in [2.24, 2.45) is 0 Å². The Labute approximate surface area is 133 Å². The Morgan fingerprint density at radius 3 is 2.57 bits per heavy atom. The molecule has 0 bridgehead atoms. The molecule has 3 rings (SSSR count). The van der Waals surface area contributed by atoms with Crippen LogP contribution in [-0.2, 0) is 0 Å². The van der Waals surface area contributed by atoms with Crippen molar-refractivity contribution in [3.05, 3.63) is 57.8 Å². The third kappa shape index (κ3) is 3.61. The van der Waals surface area contributed by atoms with E-state index >= 15 is 0 Å². The van der Waals surface area contributed by atoms with Crippen molar-refractivity contribution in [2.45, 2.75) is 6.04 Å². The van der Waals surface area contributed by atoms with Crippen LogP contribution in [0.5, 0.6) is 0 Å². The van der Waals surface area contributed by atoms with Gasteiger partial charge in [-0.2, -0.15) is 0 Å². The van der Waals surface area contributed by atoms with Crippen molar-refractivity contribution in [3.8, 4) is 0 Å². The Morgan fingerprint density at radius 1 is 1.14 bits per heavy atom. The van der Waals surface area contributed by atoms with Gasteiger partial charge in [0.25, 0.3) is 0 Å². The molecule has 1 atom stereocenters. The summed E-state index contributed by atoms with van der Waals surface area (Å²) in [7, 11) is 0. The Hall–Kier alpha value is -1.01. The zero-order chi connectivity index (χ0) is 13.9. The lowest BCUT2D eigenvalue weighted by atomic mass is 10.0. The van der Waals surface area contributed by atoms with Gasteiger partial charge in [0, 0.05) is 36.6 Å². The molecule has 21 heavy (non-hydrogen) atoms. The van der Waals surface area contributed by atoms with Crippen LogP contribution in [0.25, 0.3) is 0 Å². The lowest BCUT2D eigenvalue weighted by Crippen LogP contribution is -2.45. The van der Waals surface area contributed by atoms with Gasteiger partial charge in [-0.3, -0.25) is 4.90 Å². The normalized spacial score (nSPS) is 17.2. The number of benzene rings is 1. The SMILES string of the molecule is Cl.Fc1ccc(F)c([C@H](c2cccs2)N2CCNCC2)c1. The number of nitrogens with one attached hydrogen (secondary N) is 1. The fourth-order valence-electron chi connectivity index (χ4n) is 2.64. The number of thiophene rings is 1. The lowest BCUT2D eigenvalue weighted by Gasteiger charge is -2.34. The van der Waals surface area contributed by atoms with Gasteiger partial charge < -0.3 is 5.32 Å². The zero-order valence-corrected chi connectivity index (χ0v) is 13.0. The van der Waals surface area contributed by atoms with Gasteiger partial charge in [-0.05, 0) is 29.6 Å². The van der Waals surface area contributed by atoms with E-state index in [1.165, 1.54) is 18.2 Å². The highest BCUT2D eigenvalue weighted by Crippen LogP contribution is 2.33. The first-order chi connectivity index (χ1) is 9.75. The minimum absolute atomic E-state index is 0. The second kappa shape index (κ2) is 7.31. The van der Waals surface area contributed by atoms with E-state index in [0.717, 1.165) is 31.1 Å². The average molecular weight is 331 g/mol. The molecule has 1 aliphatic rings. The van der Waals surface area contributed by atoms with Gasteiger partial charge in [-0.1, -0.05) is 6.07 Å². The van der Waals surface area contributed by atoms with Crippen LogP contribution < -0.4 is 5.32 Å². The zero-order valence-electron chi connectivity index (χ0n) is 11.4. The lowest BCUT2D eigenvalue weighted by molar-refractivity contribution is 0.197. The van der Waals surface area contributed by atoms with Crippen LogP contribution >= 0.6 is 23.7 Å². The minimum atomic E-state index is -0.391. The molecule has 0 saturated carbocycles. The van der Waals surface area contributed by atoms with Gasteiger partial charge in [-0.15, -0.1) is 23.7 Å². The number of piperazine rings is 1. The summed E-state index contributed by atoms with van der Waals surface area (Å²) in [5.41, 5.74) is 0.425. The third-order valence-electron chi connectivity index (χ3n) is 3.58. The van der Waals surface area contributed by atoms with Crippen molar-refractivity contribution >= 4 is 23.7 Å². The van der Waals surface area contributed by atoms with E-state index in [2.05, 4.69) is 10.2 Å². The third-order valence-corrected chi connectivity index (χ3v) is 4.51. The molecule has 0 amide bonds. The topological polar surface area (TPSA) is 15.3 Å². The highest BCUT2D eigenvalue weighted by atomic mass is 35.5. The number of hydrogen-bond acceptors (Lipinski definition) is 3. The van der Waals surface area contributed by atoms with Crippen LogP contribution in [0.4, 0.5) is 8.78 Å². The van der Waals surface area contributed by atoms with Crippen molar-refractivity contribution in [1.82, 2.24) is 10.2 Å². The summed E-state index contributed by atoms with van der Waals surface area (Å²) in [6.07, 6.45) is 0. The van der Waals surface area contributed by atoms with Crippen LogP contribution in [0.15, 0.2) is 35.7 Å². The van der Waals surface area contributed by atoms with Gasteiger partial charge in [0.1, 0.15) is 11.6 Å². The molecule has 0 aliphatic carbocycles. The van der Waals surface area contributed by atoms with Gasteiger partial charge in [0.2, 0.25) is 0 Å². The molecular formula is C15H17ClF2N2S. The quantitative estimate of drug-likeness (QED) is 0.927. The highest BCUT2D eigenvalue weighted by Gasteiger charge is 2.27. The predicted molar refractivity (Wildman–Crippen MR) is 84.2 cm³/mol. The number of hydrogen-bond donors (Lipinski definition) is 1. The maximum Gasteiger partial charge on any atom is 0.128 e. The maximum atomic E-state index is 14.2. The van der Waals surface area contributed by atoms with Gasteiger partial charge in [0.05, 0.1) is 6.04 Å². The monoisotopic (exact) mass is 330 g/mol. The minimum Gasteiger partial charge on any atom is -0.314 e. The fraction of sp³-hybridized carbons (Fsp3) is 0.333.